The zero-order valence-corrected chi connectivity index (χ0v) is 8.70. The molecule has 0 bridgehead atoms. The number of alkyl halides is 1. The zero-order valence-electron chi connectivity index (χ0n) is 8.70. The molecule has 2 nitrogen and oxygen atoms in total. The van der Waals surface area contributed by atoms with E-state index in [1.165, 1.54) is 13.8 Å². The number of ether oxygens (including phenoxy) is 1. The molecule has 15 heavy (non-hydrogen) atoms. The number of pyridine rings is 1. The van der Waals surface area contributed by atoms with Crippen LogP contribution < -0.4 is 4.74 Å². The van der Waals surface area contributed by atoms with Gasteiger partial charge in [0.1, 0.15) is 5.75 Å². The molecule has 3 heteroatoms. The van der Waals surface area contributed by atoms with Crippen LogP contribution >= 0.6 is 0 Å². The maximum Gasteiger partial charge on any atom is 0.242 e. The molecule has 0 aliphatic heterocycles. The van der Waals surface area contributed by atoms with Crippen LogP contribution in [0, 0.1) is 0 Å². The van der Waals surface area contributed by atoms with Gasteiger partial charge in [0.25, 0.3) is 0 Å². The molecule has 2 rings (SSSR count). The van der Waals surface area contributed by atoms with E-state index in [4.69, 9.17) is 4.74 Å². The summed E-state index contributed by atoms with van der Waals surface area (Å²) in [5.74, 6) is -1.17. The standard InChI is InChI=1S/C12H12FNO/c1-12(2,13)15-10-6-5-9-4-3-7-14-11(9)8-10/h3-8H,1-2H3. The average molecular weight is 205 g/mol. The van der Waals surface area contributed by atoms with Crippen LogP contribution in [0.15, 0.2) is 36.5 Å². The van der Waals surface area contributed by atoms with Crippen molar-refractivity contribution in [3.63, 3.8) is 0 Å². The first-order valence-corrected chi connectivity index (χ1v) is 4.77. The van der Waals surface area contributed by atoms with E-state index in [0.717, 1.165) is 10.9 Å². The normalized spacial score (nSPS) is 11.7. The second-order valence-corrected chi connectivity index (χ2v) is 3.82. The molecule has 1 aromatic heterocycles. The summed E-state index contributed by atoms with van der Waals surface area (Å²) < 4.78 is 18.3. The Balaban J connectivity index is 2.39. The van der Waals surface area contributed by atoms with Crippen molar-refractivity contribution in [1.29, 1.82) is 0 Å². The van der Waals surface area contributed by atoms with Crippen molar-refractivity contribution in [3.05, 3.63) is 36.5 Å². The first-order chi connectivity index (χ1) is 7.04. The monoisotopic (exact) mass is 205 g/mol. The van der Waals surface area contributed by atoms with E-state index in [9.17, 15) is 4.39 Å². The maximum atomic E-state index is 13.2. The van der Waals surface area contributed by atoms with Gasteiger partial charge in [0.2, 0.25) is 5.85 Å². The summed E-state index contributed by atoms with van der Waals surface area (Å²) >= 11 is 0. The Morgan fingerprint density at radius 1 is 1.27 bits per heavy atom. The predicted octanol–water partition coefficient (Wildman–Crippen LogP) is 3.32. The molecule has 0 amide bonds. The number of halogens is 1. The third-order valence-corrected chi connectivity index (χ3v) is 1.94. The molecule has 0 saturated carbocycles. The van der Waals surface area contributed by atoms with Crippen LogP contribution in [-0.4, -0.2) is 10.8 Å². The van der Waals surface area contributed by atoms with Crippen LogP contribution in [0.5, 0.6) is 5.75 Å². The third-order valence-electron chi connectivity index (χ3n) is 1.94. The minimum absolute atomic E-state index is 0.494. The minimum atomic E-state index is -1.66. The first kappa shape index (κ1) is 9.90. The smallest absolute Gasteiger partial charge is 0.242 e. The molecular formula is C12H12FNO. The Hall–Kier alpha value is -1.64. The average Bonchev–Trinajstić information content (AvgIpc) is 2.15. The number of hydrogen-bond donors (Lipinski definition) is 0. The second-order valence-electron chi connectivity index (χ2n) is 3.82. The number of rotatable bonds is 2. The van der Waals surface area contributed by atoms with Gasteiger partial charge in [0.15, 0.2) is 0 Å². The van der Waals surface area contributed by atoms with Gasteiger partial charge in [-0.25, -0.2) is 0 Å². The third kappa shape index (κ3) is 2.43. The highest BCUT2D eigenvalue weighted by molar-refractivity contribution is 5.79. The second kappa shape index (κ2) is 3.50. The fourth-order valence-corrected chi connectivity index (χ4v) is 1.39. The van der Waals surface area contributed by atoms with Crippen molar-refractivity contribution in [2.75, 3.05) is 0 Å². The van der Waals surface area contributed by atoms with Crippen molar-refractivity contribution >= 4 is 10.9 Å². The molecule has 0 N–H and O–H groups in total. The first-order valence-electron chi connectivity index (χ1n) is 4.77. The van der Waals surface area contributed by atoms with E-state index in [1.807, 2.05) is 18.2 Å². The summed E-state index contributed by atoms with van der Waals surface area (Å²) in [6.45, 7) is 2.74. The van der Waals surface area contributed by atoms with E-state index in [1.54, 1.807) is 18.3 Å². The molecule has 0 radical (unpaired) electrons. The van der Waals surface area contributed by atoms with Gasteiger partial charge in [-0.3, -0.25) is 4.98 Å². The van der Waals surface area contributed by atoms with Gasteiger partial charge in [0, 0.05) is 31.5 Å². The van der Waals surface area contributed by atoms with Crippen molar-refractivity contribution < 1.29 is 9.13 Å². The highest BCUT2D eigenvalue weighted by Crippen LogP contribution is 2.23. The molecule has 1 heterocycles. The van der Waals surface area contributed by atoms with Gasteiger partial charge in [-0.15, -0.1) is 0 Å². The van der Waals surface area contributed by atoms with Crippen LogP contribution in [0.2, 0.25) is 0 Å². The van der Waals surface area contributed by atoms with Gasteiger partial charge in [-0.05, 0) is 18.2 Å². The predicted molar refractivity (Wildman–Crippen MR) is 57.6 cm³/mol. The summed E-state index contributed by atoms with van der Waals surface area (Å²) in [6.07, 6.45) is 1.70. The SMILES string of the molecule is CC(C)(F)Oc1ccc2cccnc2c1. The highest BCUT2D eigenvalue weighted by atomic mass is 19.2. The summed E-state index contributed by atoms with van der Waals surface area (Å²) in [7, 11) is 0. The van der Waals surface area contributed by atoms with E-state index in [2.05, 4.69) is 4.98 Å². The van der Waals surface area contributed by atoms with Crippen LogP contribution in [0.4, 0.5) is 4.39 Å². The van der Waals surface area contributed by atoms with Gasteiger partial charge in [-0.1, -0.05) is 6.07 Å². The molecule has 1 aromatic carbocycles. The lowest BCUT2D eigenvalue weighted by molar-refractivity contribution is -0.0255. The van der Waals surface area contributed by atoms with E-state index in [-0.39, 0.29) is 0 Å². The lowest BCUT2D eigenvalue weighted by Gasteiger charge is -2.17. The van der Waals surface area contributed by atoms with E-state index in [0.29, 0.717) is 5.75 Å². The summed E-state index contributed by atoms with van der Waals surface area (Å²) in [6, 6.07) is 9.15. The van der Waals surface area contributed by atoms with Gasteiger partial charge in [0.05, 0.1) is 5.52 Å². The molecule has 0 unspecified atom stereocenters. The Labute approximate surface area is 87.7 Å². The molecular weight excluding hydrogens is 193 g/mol. The molecule has 78 valence electrons. The molecule has 2 aromatic rings. The van der Waals surface area contributed by atoms with Crippen molar-refractivity contribution in [2.24, 2.45) is 0 Å². The molecule has 0 atom stereocenters. The molecule has 0 aliphatic rings. The van der Waals surface area contributed by atoms with E-state index < -0.39 is 5.85 Å². The molecule has 0 saturated heterocycles. The van der Waals surface area contributed by atoms with Gasteiger partial charge >= 0.3 is 0 Å². The Bertz CT molecular complexity index is 476. The molecule has 0 spiro atoms. The zero-order chi connectivity index (χ0) is 10.9. The topological polar surface area (TPSA) is 22.1 Å². The van der Waals surface area contributed by atoms with Gasteiger partial charge < -0.3 is 4.74 Å². The van der Waals surface area contributed by atoms with Crippen molar-refractivity contribution in [2.45, 2.75) is 19.7 Å². The highest BCUT2D eigenvalue weighted by Gasteiger charge is 2.16. The molecule has 0 fully saturated rings. The van der Waals surface area contributed by atoms with Crippen molar-refractivity contribution in [3.8, 4) is 5.75 Å². The fourth-order valence-electron chi connectivity index (χ4n) is 1.39. The lowest BCUT2D eigenvalue weighted by atomic mass is 10.2. The Morgan fingerprint density at radius 3 is 2.80 bits per heavy atom. The quantitative estimate of drug-likeness (QED) is 0.750. The number of aromatic nitrogens is 1. The van der Waals surface area contributed by atoms with Crippen LogP contribution in [0.3, 0.4) is 0 Å². The van der Waals surface area contributed by atoms with Crippen LogP contribution in [-0.2, 0) is 0 Å². The van der Waals surface area contributed by atoms with Crippen LogP contribution in [0.25, 0.3) is 10.9 Å². The number of hydrogen-bond acceptors (Lipinski definition) is 2. The number of fused-ring (bicyclic) bond motifs is 1. The maximum absolute atomic E-state index is 13.2. The van der Waals surface area contributed by atoms with Gasteiger partial charge in [-0.2, -0.15) is 4.39 Å². The van der Waals surface area contributed by atoms with E-state index >= 15 is 0 Å². The largest absolute Gasteiger partial charge is 0.458 e. The summed E-state index contributed by atoms with van der Waals surface area (Å²) in [5.41, 5.74) is 0.805. The van der Waals surface area contributed by atoms with Crippen molar-refractivity contribution in [1.82, 2.24) is 4.98 Å². The number of benzene rings is 1. The minimum Gasteiger partial charge on any atom is -0.458 e. The Morgan fingerprint density at radius 2 is 2.07 bits per heavy atom. The Kier molecular flexibility index (Phi) is 2.31. The van der Waals surface area contributed by atoms with Crippen LogP contribution in [0.1, 0.15) is 13.8 Å². The summed E-state index contributed by atoms with van der Waals surface area (Å²) in [5, 5.41) is 1.02. The summed E-state index contributed by atoms with van der Waals surface area (Å²) in [4.78, 5) is 4.17. The lowest BCUT2D eigenvalue weighted by Crippen LogP contribution is -2.20. The fraction of sp³-hybridized carbons (Fsp3) is 0.250. The number of nitrogens with zero attached hydrogens (tertiary/aromatic N) is 1. The molecule has 0 aliphatic carbocycles.